The highest BCUT2D eigenvalue weighted by atomic mass is 16.2. The van der Waals surface area contributed by atoms with E-state index in [2.05, 4.69) is 15.5 Å². The Hall–Kier alpha value is -2.67. The van der Waals surface area contributed by atoms with Gasteiger partial charge in [-0.1, -0.05) is 29.8 Å². The molecular formula is C20H27N5O2. The third-order valence-electron chi connectivity index (χ3n) is 4.95. The van der Waals surface area contributed by atoms with Crippen LogP contribution in [0.1, 0.15) is 41.7 Å². The quantitative estimate of drug-likeness (QED) is 0.723. The van der Waals surface area contributed by atoms with Crippen LogP contribution in [-0.4, -0.2) is 52.6 Å². The number of aromatic nitrogens is 2. The number of likely N-dealkylation sites (tertiary alicyclic amines) is 1. The number of hydrogen-bond donors (Lipinski definition) is 3. The number of piperidine rings is 1. The highest BCUT2D eigenvalue weighted by molar-refractivity contribution is 5.93. The van der Waals surface area contributed by atoms with Crippen LogP contribution < -0.4 is 11.1 Å². The second-order valence-corrected chi connectivity index (χ2v) is 7.02. The number of nitrogens with two attached hydrogens (primary N) is 1. The van der Waals surface area contributed by atoms with Gasteiger partial charge in [0, 0.05) is 37.7 Å². The zero-order valence-corrected chi connectivity index (χ0v) is 15.7. The molecule has 0 aliphatic carbocycles. The zero-order valence-electron chi connectivity index (χ0n) is 15.7. The van der Waals surface area contributed by atoms with E-state index in [0.717, 1.165) is 30.5 Å². The number of amides is 2. The summed E-state index contributed by atoms with van der Waals surface area (Å²) in [6, 6.07) is 9.84. The lowest BCUT2D eigenvalue weighted by Gasteiger charge is -2.35. The van der Waals surface area contributed by atoms with Crippen molar-refractivity contribution >= 4 is 11.8 Å². The molecule has 2 aromatic rings. The van der Waals surface area contributed by atoms with Crippen LogP contribution in [0.2, 0.25) is 0 Å². The molecule has 0 bridgehead atoms. The van der Waals surface area contributed by atoms with E-state index < -0.39 is 0 Å². The van der Waals surface area contributed by atoms with Gasteiger partial charge in [0.15, 0.2) is 0 Å². The van der Waals surface area contributed by atoms with Crippen LogP contribution in [0.15, 0.2) is 30.3 Å². The van der Waals surface area contributed by atoms with Crippen LogP contribution in [0.25, 0.3) is 11.3 Å². The lowest BCUT2D eigenvalue weighted by Crippen LogP contribution is -2.49. The van der Waals surface area contributed by atoms with Crippen molar-refractivity contribution in [2.24, 2.45) is 5.73 Å². The summed E-state index contributed by atoms with van der Waals surface area (Å²) in [5.74, 6) is -0.141. The van der Waals surface area contributed by atoms with Crippen LogP contribution in [0.5, 0.6) is 0 Å². The molecule has 0 radical (unpaired) electrons. The molecule has 0 saturated carbocycles. The van der Waals surface area contributed by atoms with Crippen molar-refractivity contribution in [3.05, 3.63) is 41.6 Å². The minimum Gasteiger partial charge on any atom is -0.354 e. The Morgan fingerprint density at radius 2 is 2.07 bits per heavy atom. The molecule has 1 saturated heterocycles. The number of aromatic amines is 1. The number of nitrogens with zero attached hydrogens (tertiary/aromatic N) is 2. The molecule has 27 heavy (non-hydrogen) atoms. The van der Waals surface area contributed by atoms with Gasteiger partial charge < -0.3 is 16.0 Å². The summed E-state index contributed by atoms with van der Waals surface area (Å²) in [4.78, 5) is 26.6. The molecule has 1 atom stereocenters. The van der Waals surface area contributed by atoms with Crippen LogP contribution in [-0.2, 0) is 4.79 Å². The largest absolute Gasteiger partial charge is 0.354 e. The van der Waals surface area contributed by atoms with Gasteiger partial charge in [-0.15, -0.1) is 0 Å². The zero-order chi connectivity index (χ0) is 19.2. The maximum atomic E-state index is 13.0. The van der Waals surface area contributed by atoms with Gasteiger partial charge in [0.25, 0.3) is 5.91 Å². The van der Waals surface area contributed by atoms with Crippen molar-refractivity contribution in [2.75, 3.05) is 19.6 Å². The lowest BCUT2D eigenvalue weighted by atomic mass is 10.0. The SMILES string of the molecule is Cc1ccc(-c2cc(C(=O)N3CCCCC3CNC(=O)CCN)[nH]n2)cc1. The molecule has 1 fully saturated rings. The van der Waals surface area contributed by atoms with E-state index in [1.807, 2.05) is 36.1 Å². The summed E-state index contributed by atoms with van der Waals surface area (Å²) in [5, 5.41) is 10.1. The minimum absolute atomic E-state index is 0.000834. The van der Waals surface area contributed by atoms with Gasteiger partial charge in [-0.2, -0.15) is 5.10 Å². The number of carbonyl (C=O) groups excluding carboxylic acids is 2. The van der Waals surface area contributed by atoms with Crippen molar-refractivity contribution < 1.29 is 9.59 Å². The van der Waals surface area contributed by atoms with E-state index in [1.54, 1.807) is 6.07 Å². The predicted molar refractivity (Wildman–Crippen MR) is 104 cm³/mol. The Morgan fingerprint density at radius 1 is 1.30 bits per heavy atom. The molecule has 1 aromatic heterocycles. The van der Waals surface area contributed by atoms with Gasteiger partial charge >= 0.3 is 0 Å². The standard InChI is InChI=1S/C20H27N5O2/c1-14-5-7-15(8-6-14)17-12-18(24-23-17)20(27)25-11-3-2-4-16(25)13-22-19(26)9-10-21/h5-8,12,16H,2-4,9-11,13,21H2,1H3,(H,22,26)(H,23,24). The van der Waals surface area contributed by atoms with E-state index in [0.29, 0.717) is 31.7 Å². The highest BCUT2D eigenvalue weighted by Gasteiger charge is 2.28. The van der Waals surface area contributed by atoms with Gasteiger partial charge in [0.1, 0.15) is 5.69 Å². The van der Waals surface area contributed by atoms with Gasteiger partial charge in [0.05, 0.1) is 5.69 Å². The number of carbonyl (C=O) groups is 2. The average Bonchev–Trinajstić information content (AvgIpc) is 3.17. The third-order valence-corrected chi connectivity index (χ3v) is 4.95. The summed E-state index contributed by atoms with van der Waals surface area (Å²) < 4.78 is 0. The summed E-state index contributed by atoms with van der Waals surface area (Å²) in [6.07, 6.45) is 3.21. The topological polar surface area (TPSA) is 104 Å². The average molecular weight is 369 g/mol. The Morgan fingerprint density at radius 3 is 2.81 bits per heavy atom. The molecule has 1 aliphatic rings. The number of nitrogens with one attached hydrogen (secondary N) is 2. The summed E-state index contributed by atoms with van der Waals surface area (Å²) in [6.45, 7) is 3.51. The van der Waals surface area contributed by atoms with E-state index in [1.165, 1.54) is 5.56 Å². The van der Waals surface area contributed by atoms with Crippen LogP contribution in [0.3, 0.4) is 0 Å². The number of rotatable bonds is 6. The molecule has 144 valence electrons. The Kier molecular flexibility index (Phi) is 6.24. The van der Waals surface area contributed by atoms with Crippen molar-refractivity contribution in [1.29, 1.82) is 0 Å². The van der Waals surface area contributed by atoms with Gasteiger partial charge in [-0.3, -0.25) is 14.7 Å². The van der Waals surface area contributed by atoms with E-state index in [4.69, 9.17) is 5.73 Å². The maximum Gasteiger partial charge on any atom is 0.272 e. The Labute approximate surface area is 159 Å². The smallest absolute Gasteiger partial charge is 0.272 e. The molecule has 2 amide bonds. The normalized spacial score (nSPS) is 17.0. The Bertz CT molecular complexity index is 784. The van der Waals surface area contributed by atoms with Crippen LogP contribution >= 0.6 is 0 Å². The summed E-state index contributed by atoms with van der Waals surface area (Å²) in [5.41, 5.74) is 8.79. The van der Waals surface area contributed by atoms with E-state index in [9.17, 15) is 9.59 Å². The number of benzene rings is 1. The third kappa shape index (κ3) is 4.74. The first kappa shape index (κ1) is 19.1. The first-order valence-corrected chi connectivity index (χ1v) is 9.48. The van der Waals surface area contributed by atoms with Gasteiger partial charge in [-0.05, 0) is 32.3 Å². The second-order valence-electron chi connectivity index (χ2n) is 7.02. The molecule has 2 heterocycles. The molecule has 3 rings (SSSR count). The number of H-pyrrole nitrogens is 1. The van der Waals surface area contributed by atoms with Gasteiger partial charge in [-0.25, -0.2) is 0 Å². The fraction of sp³-hybridized carbons (Fsp3) is 0.450. The van der Waals surface area contributed by atoms with E-state index >= 15 is 0 Å². The molecule has 0 spiro atoms. The van der Waals surface area contributed by atoms with Crippen molar-refractivity contribution in [3.8, 4) is 11.3 Å². The highest BCUT2D eigenvalue weighted by Crippen LogP contribution is 2.22. The first-order valence-electron chi connectivity index (χ1n) is 9.48. The first-order chi connectivity index (χ1) is 13.1. The Balaban J connectivity index is 1.69. The maximum absolute atomic E-state index is 13.0. The molecule has 7 nitrogen and oxygen atoms in total. The fourth-order valence-electron chi connectivity index (χ4n) is 3.39. The van der Waals surface area contributed by atoms with Crippen LogP contribution in [0.4, 0.5) is 0 Å². The van der Waals surface area contributed by atoms with E-state index in [-0.39, 0.29) is 17.9 Å². The van der Waals surface area contributed by atoms with Crippen LogP contribution in [0, 0.1) is 6.92 Å². The summed E-state index contributed by atoms with van der Waals surface area (Å²) >= 11 is 0. The second kappa shape index (κ2) is 8.81. The molecule has 7 heteroatoms. The van der Waals surface area contributed by atoms with Crippen molar-refractivity contribution in [3.63, 3.8) is 0 Å². The molecule has 1 unspecified atom stereocenters. The number of aryl methyl sites for hydroxylation is 1. The monoisotopic (exact) mass is 369 g/mol. The molecule has 1 aliphatic heterocycles. The molecular weight excluding hydrogens is 342 g/mol. The minimum atomic E-state index is -0.0707. The van der Waals surface area contributed by atoms with Crippen molar-refractivity contribution in [2.45, 2.75) is 38.6 Å². The summed E-state index contributed by atoms with van der Waals surface area (Å²) in [7, 11) is 0. The van der Waals surface area contributed by atoms with Crippen molar-refractivity contribution in [1.82, 2.24) is 20.4 Å². The molecule has 4 N–H and O–H groups in total. The number of hydrogen-bond acceptors (Lipinski definition) is 4. The molecule has 1 aromatic carbocycles. The van der Waals surface area contributed by atoms with Gasteiger partial charge in [0.2, 0.25) is 5.91 Å². The fourth-order valence-corrected chi connectivity index (χ4v) is 3.39. The lowest BCUT2D eigenvalue weighted by molar-refractivity contribution is -0.121. The predicted octanol–water partition coefficient (Wildman–Crippen LogP) is 1.84.